The van der Waals surface area contributed by atoms with Crippen molar-refractivity contribution in [1.82, 2.24) is 15.6 Å². The first-order valence-electron chi connectivity index (χ1n) is 8.31. The Morgan fingerprint density at radius 1 is 1.16 bits per heavy atom. The van der Waals surface area contributed by atoms with Crippen molar-refractivity contribution in [2.75, 3.05) is 0 Å². The van der Waals surface area contributed by atoms with Gasteiger partial charge in [-0.2, -0.15) is 13.2 Å². The second kappa shape index (κ2) is 7.49. The zero-order chi connectivity index (χ0) is 18.7. The number of amides is 2. The van der Waals surface area contributed by atoms with Gasteiger partial charge < -0.3 is 15.4 Å². The molecule has 1 fully saturated rings. The number of nitrogens with one attached hydrogen (secondary N) is 2. The van der Waals surface area contributed by atoms with Gasteiger partial charge >= 0.3 is 12.2 Å². The van der Waals surface area contributed by atoms with Gasteiger partial charge in [0.1, 0.15) is 6.10 Å². The fourth-order valence-electron chi connectivity index (χ4n) is 2.68. The lowest BCUT2D eigenvalue weighted by Crippen LogP contribution is -2.50. The Morgan fingerprint density at radius 3 is 2.28 bits per heavy atom. The summed E-state index contributed by atoms with van der Waals surface area (Å²) >= 11 is 0. The molecular formula is C17H24F3N3O2. The number of aromatic nitrogens is 1. The highest BCUT2D eigenvalue weighted by molar-refractivity contribution is 5.74. The second-order valence-corrected chi connectivity index (χ2v) is 7.32. The molecule has 0 spiro atoms. The van der Waals surface area contributed by atoms with Crippen molar-refractivity contribution in [3.63, 3.8) is 0 Å². The lowest BCUT2D eigenvalue weighted by molar-refractivity contribution is -0.137. The number of nitrogens with zero attached hydrogens (tertiary/aromatic N) is 1. The third-order valence-electron chi connectivity index (χ3n) is 3.85. The van der Waals surface area contributed by atoms with Crippen molar-refractivity contribution in [2.45, 2.75) is 70.3 Å². The number of carbonyl (C=O) groups excluding carboxylic acids is 1. The molecule has 0 aliphatic heterocycles. The SMILES string of the molecule is CC(C)(C)NC(=O)NC1CCC(Oc2ccc(C(F)(F)F)cn2)CC1. The molecule has 1 saturated carbocycles. The Bertz CT molecular complexity index is 574. The molecule has 1 aliphatic rings. The van der Waals surface area contributed by atoms with Crippen molar-refractivity contribution in [3.8, 4) is 5.88 Å². The molecule has 2 amide bonds. The van der Waals surface area contributed by atoms with Crippen LogP contribution in [-0.4, -0.2) is 28.7 Å². The number of hydrogen-bond acceptors (Lipinski definition) is 3. The van der Waals surface area contributed by atoms with Gasteiger partial charge in [-0.15, -0.1) is 0 Å². The van der Waals surface area contributed by atoms with Gasteiger partial charge in [0.15, 0.2) is 0 Å². The molecule has 0 atom stereocenters. The molecule has 2 N–H and O–H groups in total. The summed E-state index contributed by atoms with van der Waals surface area (Å²) in [6, 6.07) is 2.08. The van der Waals surface area contributed by atoms with Gasteiger partial charge in [-0.25, -0.2) is 9.78 Å². The number of alkyl halides is 3. The Balaban J connectivity index is 1.78. The summed E-state index contributed by atoms with van der Waals surface area (Å²) in [4.78, 5) is 15.6. The van der Waals surface area contributed by atoms with Crippen molar-refractivity contribution >= 4 is 6.03 Å². The number of rotatable bonds is 3. The standard InChI is InChI=1S/C17H24F3N3O2/c1-16(2,3)23-15(24)22-12-5-7-13(8-6-12)25-14-9-4-11(10-21-14)17(18,19)20/h4,9-10,12-13H,5-8H2,1-3H3,(H2,22,23,24). The zero-order valence-electron chi connectivity index (χ0n) is 14.6. The summed E-state index contributed by atoms with van der Waals surface area (Å²) in [6.45, 7) is 5.73. The normalized spacial score (nSPS) is 21.5. The fourth-order valence-corrected chi connectivity index (χ4v) is 2.68. The van der Waals surface area contributed by atoms with Crippen LogP contribution in [0.15, 0.2) is 18.3 Å². The first-order chi connectivity index (χ1) is 11.5. The predicted octanol–water partition coefficient (Wildman–Crippen LogP) is 3.89. The first-order valence-corrected chi connectivity index (χ1v) is 8.31. The van der Waals surface area contributed by atoms with Gasteiger partial charge in [-0.1, -0.05) is 0 Å². The Labute approximate surface area is 145 Å². The Morgan fingerprint density at radius 2 is 1.80 bits per heavy atom. The molecule has 1 aromatic heterocycles. The molecule has 8 heteroatoms. The summed E-state index contributed by atoms with van der Waals surface area (Å²) in [5.74, 6) is 0.190. The summed E-state index contributed by atoms with van der Waals surface area (Å²) in [5.41, 5.74) is -1.09. The largest absolute Gasteiger partial charge is 0.474 e. The molecule has 1 aromatic rings. The van der Waals surface area contributed by atoms with Gasteiger partial charge in [0.05, 0.1) is 5.56 Å². The number of halogens is 3. The maximum absolute atomic E-state index is 12.5. The molecule has 1 heterocycles. The van der Waals surface area contributed by atoms with E-state index in [1.54, 1.807) is 0 Å². The van der Waals surface area contributed by atoms with E-state index < -0.39 is 11.7 Å². The van der Waals surface area contributed by atoms with Crippen molar-refractivity contribution in [1.29, 1.82) is 0 Å². The van der Waals surface area contributed by atoms with Crippen LogP contribution < -0.4 is 15.4 Å². The molecule has 25 heavy (non-hydrogen) atoms. The number of urea groups is 1. The number of hydrogen-bond donors (Lipinski definition) is 2. The fraction of sp³-hybridized carbons (Fsp3) is 0.647. The van der Waals surface area contributed by atoms with E-state index in [4.69, 9.17) is 4.74 Å². The minimum atomic E-state index is -4.40. The molecule has 140 valence electrons. The highest BCUT2D eigenvalue weighted by Gasteiger charge is 2.31. The number of ether oxygens (including phenoxy) is 1. The van der Waals surface area contributed by atoms with E-state index in [1.807, 2.05) is 20.8 Å². The maximum atomic E-state index is 12.5. The summed E-state index contributed by atoms with van der Waals surface area (Å²) < 4.78 is 43.2. The quantitative estimate of drug-likeness (QED) is 0.861. The Hall–Kier alpha value is -1.99. The van der Waals surface area contributed by atoms with Crippen molar-refractivity contribution < 1.29 is 22.7 Å². The topological polar surface area (TPSA) is 63.2 Å². The lowest BCUT2D eigenvalue weighted by Gasteiger charge is -2.30. The number of carbonyl (C=O) groups is 1. The van der Waals surface area contributed by atoms with E-state index in [0.717, 1.165) is 25.1 Å². The van der Waals surface area contributed by atoms with Gasteiger partial charge in [-0.05, 0) is 52.5 Å². The van der Waals surface area contributed by atoms with Gasteiger partial charge in [0, 0.05) is 23.8 Å². The molecule has 0 unspecified atom stereocenters. The summed E-state index contributed by atoms with van der Waals surface area (Å²) in [5, 5.41) is 5.79. The second-order valence-electron chi connectivity index (χ2n) is 7.32. The number of pyridine rings is 1. The first kappa shape index (κ1) is 19.3. The van der Waals surface area contributed by atoms with Crippen LogP contribution in [0, 0.1) is 0 Å². The van der Waals surface area contributed by atoms with Gasteiger partial charge in [0.2, 0.25) is 5.88 Å². The third kappa shape index (κ3) is 6.43. The van der Waals surface area contributed by atoms with E-state index in [9.17, 15) is 18.0 Å². The smallest absolute Gasteiger partial charge is 0.417 e. The van der Waals surface area contributed by atoms with Crippen molar-refractivity contribution in [2.24, 2.45) is 0 Å². The van der Waals surface area contributed by atoms with E-state index in [0.29, 0.717) is 12.8 Å². The minimum absolute atomic E-state index is 0.0720. The molecule has 2 rings (SSSR count). The molecular weight excluding hydrogens is 335 g/mol. The minimum Gasteiger partial charge on any atom is -0.474 e. The van der Waals surface area contributed by atoms with Crippen LogP contribution in [-0.2, 0) is 6.18 Å². The molecule has 0 radical (unpaired) electrons. The average Bonchev–Trinajstić information content (AvgIpc) is 2.47. The van der Waals surface area contributed by atoms with Crippen LogP contribution in [0.4, 0.5) is 18.0 Å². The van der Waals surface area contributed by atoms with E-state index in [1.165, 1.54) is 6.07 Å². The van der Waals surface area contributed by atoms with Gasteiger partial charge in [0.25, 0.3) is 0 Å². The molecule has 5 nitrogen and oxygen atoms in total. The highest BCUT2D eigenvalue weighted by Crippen LogP contribution is 2.30. The Kier molecular flexibility index (Phi) is 5.80. The molecule has 0 saturated heterocycles. The van der Waals surface area contributed by atoms with Crippen LogP contribution in [0.1, 0.15) is 52.0 Å². The van der Waals surface area contributed by atoms with E-state index in [-0.39, 0.29) is 29.6 Å². The molecule has 0 aromatic carbocycles. The monoisotopic (exact) mass is 359 g/mol. The zero-order valence-corrected chi connectivity index (χ0v) is 14.6. The lowest BCUT2D eigenvalue weighted by atomic mass is 9.93. The maximum Gasteiger partial charge on any atom is 0.417 e. The molecule has 1 aliphatic carbocycles. The third-order valence-corrected chi connectivity index (χ3v) is 3.85. The average molecular weight is 359 g/mol. The van der Waals surface area contributed by atoms with Crippen LogP contribution >= 0.6 is 0 Å². The summed E-state index contributed by atoms with van der Waals surface area (Å²) in [7, 11) is 0. The van der Waals surface area contributed by atoms with E-state index >= 15 is 0 Å². The van der Waals surface area contributed by atoms with Gasteiger partial charge in [-0.3, -0.25) is 0 Å². The van der Waals surface area contributed by atoms with E-state index in [2.05, 4.69) is 15.6 Å². The summed E-state index contributed by atoms with van der Waals surface area (Å²) in [6.07, 6.45) is -0.798. The van der Waals surface area contributed by atoms with Crippen LogP contribution in [0.5, 0.6) is 5.88 Å². The predicted molar refractivity (Wildman–Crippen MR) is 87.3 cm³/mol. The van der Waals surface area contributed by atoms with Crippen LogP contribution in [0.3, 0.4) is 0 Å². The van der Waals surface area contributed by atoms with Crippen LogP contribution in [0.2, 0.25) is 0 Å². The molecule has 0 bridgehead atoms. The van der Waals surface area contributed by atoms with Crippen molar-refractivity contribution in [3.05, 3.63) is 23.9 Å². The van der Waals surface area contributed by atoms with Crippen LogP contribution in [0.25, 0.3) is 0 Å². The highest BCUT2D eigenvalue weighted by atomic mass is 19.4.